The Morgan fingerprint density at radius 1 is 1.17 bits per heavy atom. The van der Waals surface area contributed by atoms with Crippen molar-refractivity contribution in [2.75, 3.05) is 11.9 Å². The van der Waals surface area contributed by atoms with E-state index in [1.54, 1.807) is 6.07 Å². The first kappa shape index (κ1) is 22.9. The number of hydrogen-bond donors (Lipinski definition) is 2. The Hall–Kier alpha value is -2.37. The molecule has 1 aliphatic heterocycles. The van der Waals surface area contributed by atoms with Gasteiger partial charge in [0.15, 0.2) is 0 Å². The minimum Gasteiger partial charge on any atom is -0.336 e. The Kier molecular flexibility index (Phi) is 8.23. The molecule has 5 nitrogen and oxygen atoms in total. The summed E-state index contributed by atoms with van der Waals surface area (Å²) < 4.78 is 0. The molecule has 1 fully saturated rings. The molecule has 2 aromatic carbocycles. The minimum atomic E-state index is -0.344. The maximum absolute atomic E-state index is 12.8. The standard InChI is InChI=1S/C23H29N3O2.ClH/c1-16-14-19(23(28)26-13-7-6-8-17(26)2)11-12-21(16)25-22(27)15-20(24)18-9-4-3-5-10-18;/h3-5,9-12,14,17,20H,6-8,13,15,24H2,1-2H3,(H,25,27);1H. The van der Waals surface area contributed by atoms with Crippen LogP contribution in [-0.2, 0) is 4.79 Å². The first-order chi connectivity index (χ1) is 13.5. The fraction of sp³-hybridized carbons (Fsp3) is 0.391. The van der Waals surface area contributed by atoms with Crippen LogP contribution in [0.2, 0.25) is 0 Å². The summed E-state index contributed by atoms with van der Waals surface area (Å²) in [4.78, 5) is 27.2. The van der Waals surface area contributed by atoms with E-state index in [0.29, 0.717) is 11.3 Å². The predicted molar refractivity (Wildman–Crippen MR) is 119 cm³/mol. The molecule has 1 aliphatic rings. The maximum Gasteiger partial charge on any atom is 0.254 e. The topological polar surface area (TPSA) is 75.4 Å². The molecule has 0 aromatic heterocycles. The number of aryl methyl sites for hydroxylation is 1. The number of carbonyl (C=O) groups is 2. The molecule has 1 heterocycles. The van der Waals surface area contributed by atoms with Gasteiger partial charge < -0.3 is 16.0 Å². The van der Waals surface area contributed by atoms with Crippen molar-refractivity contribution < 1.29 is 9.59 Å². The third-order valence-electron chi connectivity index (χ3n) is 5.44. The van der Waals surface area contributed by atoms with E-state index in [-0.39, 0.29) is 42.7 Å². The van der Waals surface area contributed by atoms with E-state index in [1.807, 2.05) is 54.3 Å². The number of carbonyl (C=O) groups excluding carboxylic acids is 2. The van der Waals surface area contributed by atoms with E-state index in [4.69, 9.17) is 5.73 Å². The molecule has 2 aromatic rings. The van der Waals surface area contributed by atoms with E-state index in [9.17, 15) is 9.59 Å². The number of halogens is 1. The van der Waals surface area contributed by atoms with Gasteiger partial charge in [-0.2, -0.15) is 0 Å². The third kappa shape index (κ3) is 5.81. The summed E-state index contributed by atoms with van der Waals surface area (Å²) in [5, 5.41) is 2.92. The highest BCUT2D eigenvalue weighted by molar-refractivity contribution is 5.97. The van der Waals surface area contributed by atoms with Crippen LogP contribution < -0.4 is 11.1 Å². The number of piperidine rings is 1. The summed E-state index contributed by atoms with van der Waals surface area (Å²) in [6.45, 7) is 4.83. The molecule has 2 unspecified atom stereocenters. The van der Waals surface area contributed by atoms with Crippen LogP contribution in [0.15, 0.2) is 48.5 Å². The zero-order valence-corrected chi connectivity index (χ0v) is 17.9. The lowest BCUT2D eigenvalue weighted by molar-refractivity contribution is -0.116. The number of nitrogens with two attached hydrogens (primary N) is 1. The Labute approximate surface area is 179 Å². The summed E-state index contributed by atoms with van der Waals surface area (Å²) in [6.07, 6.45) is 3.50. The molecule has 1 saturated heterocycles. The summed E-state index contributed by atoms with van der Waals surface area (Å²) >= 11 is 0. The zero-order chi connectivity index (χ0) is 20.1. The van der Waals surface area contributed by atoms with Gasteiger partial charge in [0.2, 0.25) is 5.91 Å². The predicted octanol–water partition coefficient (Wildman–Crippen LogP) is 4.46. The third-order valence-corrected chi connectivity index (χ3v) is 5.44. The van der Waals surface area contributed by atoms with Gasteiger partial charge in [-0.1, -0.05) is 30.3 Å². The SMILES string of the molecule is Cc1cc(C(=O)N2CCCCC2C)ccc1NC(=O)CC(N)c1ccccc1.Cl. The number of nitrogens with zero attached hydrogens (tertiary/aromatic N) is 1. The molecular formula is C23H30ClN3O2. The van der Waals surface area contributed by atoms with E-state index < -0.39 is 0 Å². The number of nitrogens with one attached hydrogen (secondary N) is 1. The average Bonchev–Trinajstić information content (AvgIpc) is 2.70. The Bertz CT molecular complexity index is 841. The Balaban J connectivity index is 0.00000300. The summed E-state index contributed by atoms with van der Waals surface area (Å²) in [6, 6.07) is 15.0. The first-order valence-electron chi connectivity index (χ1n) is 9.97. The minimum absolute atomic E-state index is 0. The second kappa shape index (κ2) is 10.4. The molecule has 0 spiro atoms. The lowest BCUT2D eigenvalue weighted by Crippen LogP contribution is -2.42. The molecule has 0 aliphatic carbocycles. The highest BCUT2D eigenvalue weighted by atomic mass is 35.5. The van der Waals surface area contributed by atoms with Crippen LogP contribution in [0.1, 0.15) is 60.1 Å². The molecule has 2 atom stereocenters. The fourth-order valence-corrected chi connectivity index (χ4v) is 3.72. The monoisotopic (exact) mass is 415 g/mol. The van der Waals surface area contributed by atoms with Gasteiger partial charge in [0.05, 0.1) is 0 Å². The molecule has 0 bridgehead atoms. The zero-order valence-electron chi connectivity index (χ0n) is 17.1. The molecule has 156 valence electrons. The average molecular weight is 416 g/mol. The number of amides is 2. The number of hydrogen-bond acceptors (Lipinski definition) is 3. The van der Waals surface area contributed by atoms with Crippen LogP contribution in [0.5, 0.6) is 0 Å². The largest absolute Gasteiger partial charge is 0.336 e. The van der Waals surface area contributed by atoms with Gasteiger partial charge in [-0.15, -0.1) is 12.4 Å². The van der Waals surface area contributed by atoms with Gasteiger partial charge in [-0.25, -0.2) is 0 Å². The van der Waals surface area contributed by atoms with Crippen molar-refractivity contribution >= 4 is 29.9 Å². The van der Waals surface area contributed by atoms with Crippen LogP contribution in [0.25, 0.3) is 0 Å². The van der Waals surface area contributed by atoms with Gasteiger partial charge in [0, 0.05) is 36.3 Å². The first-order valence-corrected chi connectivity index (χ1v) is 9.97. The van der Waals surface area contributed by atoms with Gasteiger partial charge in [0.1, 0.15) is 0 Å². The lowest BCUT2D eigenvalue weighted by Gasteiger charge is -2.33. The summed E-state index contributed by atoms with van der Waals surface area (Å²) in [7, 11) is 0. The van der Waals surface area contributed by atoms with E-state index in [0.717, 1.165) is 30.5 Å². The number of rotatable bonds is 5. The second-order valence-electron chi connectivity index (χ2n) is 7.64. The summed E-state index contributed by atoms with van der Waals surface area (Å²) in [5.41, 5.74) is 9.33. The van der Waals surface area contributed by atoms with Crippen LogP contribution in [-0.4, -0.2) is 29.3 Å². The molecule has 0 radical (unpaired) electrons. The molecular weight excluding hydrogens is 386 g/mol. The van der Waals surface area contributed by atoms with E-state index in [2.05, 4.69) is 12.2 Å². The maximum atomic E-state index is 12.8. The van der Waals surface area contributed by atoms with Crippen molar-refractivity contribution in [3.05, 3.63) is 65.2 Å². The number of benzene rings is 2. The van der Waals surface area contributed by atoms with Crippen molar-refractivity contribution in [3.63, 3.8) is 0 Å². The normalized spacial score (nSPS) is 17.2. The van der Waals surface area contributed by atoms with Gasteiger partial charge in [-0.05, 0) is 62.4 Å². The van der Waals surface area contributed by atoms with Crippen LogP contribution in [0.4, 0.5) is 5.69 Å². The van der Waals surface area contributed by atoms with Gasteiger partial charge in [0.25, 0.3) is 5.91 Å². The molecule has 3 rings (SSSR count). The van der Waals surface area contributed by atoms with Crippen LogP contribution in [0.3, 0.4) is 0 Å². The molecule has 6 heteroatoms. The highest BCUT2D eigenvalue weighted by Crippen LogP contribution is 2.23. The highest BCUT2D eigenvalue weighted by Gasteiger charge is 2.24. The van der Waals surface area contributed by atoms with Gasteiger partial charge >= 0.3 is 0 Å². The fourth-order valence-electron chi connectivity index (χ4n) is 3.72. The molecule has 3 N–H and O–H groups in total. The molecule has 29 heavy (non-hydrogen) atoms. The van der Waals surface area contributed by atoms with Crippen molar-refractivity contribution in [2.45, 2.75) is 51.6 Å². The lowest BCUT2D eigenvalue weighted by atomic mass is 10.0. The van der Waals surface area contributed by atoms with Crippen molar-refractivity contribution in [1.82, 2.24) is 4.90 Å². The van der Waals surface area contributed by atoms with E-state index >= 15 is 0 Å². The number of likely N-dealkylation sites (tertiary alicyclic amines) is 1. The Morgan fingerprint density at radius 3 is 2.55 bits per heavy atom. The summed E-state index contributed by atoms with van der Waals surface area (Å²) in [5.74, 6) is -0.0672. The quantitative estimate of drug-likeness (QED) is 0.756. The Morgan fingerprint density at radius 2 is 1.90 bits per heavy atom. The molecule has 0 saturated carbocycles. The van der Waals surface area contributed by atoms with Crippen LogP contribution >= 0.6 is 12.4 Å². The van der Waals surface area contributed by atoms with Crippen LogP contribution in [0, 0.1) is 6.92 Å². The van der Waals surface area contributed by atoms with Crippen molar-refractivity contribution in [1.29, 1.82) is 0 Å². The van der Waals surface area contributed by atoms with Gasteiger partial charge in [-0.3, -0.25) is 9.59 Å². The van der Waals surface area contributed by atoms with E-state index in [1.165, 1.54) is 6.42 Å². The number of anilines is 1. The van der Waals surface area contributed by atoms with Crippen molar-refractivity contribution in [2.24, 2.45) is 5.73 Å². The smallest absolute Gasteiger partial charge is 0.254 e. The van der Waals surface area contributed by atoms with Crippen molar-refractivity contribution in [3.8, 4) is 0 Å². The molecule has 2 amide bonds. The second-order valence-corrected chi connectivity index (χ2v) is 7.64.